The Hall–Kier alpha value is -0.887. The summed E-state index contributed by atoms with van der Waals surface area (Å²) in [6.45, 7) is 2.97. The molecule has 14 heteroatoms. The summed E-state index contributed by atoms with van der Waals surface area (Å²) in [5, 5.41) is 21.9. The number of carbonyl (C=O) groups is 2. The Labute approximate surface area is 312 Å². The van der Waals surface area contributed by atoms with Crippen molar-refractivity contribution in [2.24, 2.45) is 0 Å². The smallest absolute Gasteiger partial charge is 0.652 e. The molecule has 194 valence electrons. The molecule has 1 aliphatic heterocycles. The number of fused-ring (bicyclic) bond motifs is 1. The maximum Gasteiger partial charge on any atom is 1.00 e. The van der Waals surface area contributed by atoms with E-state index >= 15 is 0 Å². The molecule has 4 aromatic rings. The van der Waals surface area contributed by atoms with Gasteiger partial charge in [0.05, 0.1) is 35.7 Å². The number of ether oxygens (including phenoxy) is 2. The number of thiazole rings is 1. The fourth-order valence-electron chi connectivity index (χ4n) is 3.89. The van der Waals surface area contributed by atoms with Crippen LogP contribution in [-0.4, -0.2) is 50.4 Å². The van der Waals surface area contributed by atoms with Crippen LogP contribution in [0.2, 0.25) is 0 Å². The van der Waals surface area contributed by atoms with E-state index in [1.807, 2.05) is 17.5 Å². The van der Waals surface area contributed by atoms with Crippen LogP contribution in [0.4, 0.5) is 14.9 Å². The van der Waals surface area contributed by atoms with Crippen LogP contribution in [0.25, 0.3) is 22.3 Å². The van der Waals surface area contributed by atoms with Crippen molar-refractivity contribution in [3.63, 3.8) is 0 Å². The van der Waals surface area contributed by atoms with E-state index in [2.05, 4.69) is 15.2 Å². The maximum atomic E-state index is 13.5. The molecule has 10 nitrogen and oxygen atoms in total. The van der Waals surface area contributed by atoms with Gasteiger partial charge in [0.1, 0.15) is 29.5 Å². The average molecular weight is 606 g/mol. The van der Waals surface area contributed by atoms with Gasteiger partial charge < -0.3 is 39.1 Å². The van der Waals surface area contributed by atoms with Crippen LogP contribution in [0, 0.1) is 5.82 Å². The molecule has 5 rings (SSSR count). The summed E-state index contributed by atoms with van der Waals surface area (Å²) in [4.78, 5) is 27.7. The van der Waals surface area contributed by atoms with Crippen molar-refractivity contribution in [2.75, 3.05) is 38.3 Å². The number of halogens is 1. The van der Waals surface area contributed by atoms with E-state index in [9.17, 15) is 9.18 Å². The van der Waals surface area contributed by atoms with Gasteiger partial charge in [-0.3, -0.25) is 4.79 Å². The van der Waals surface area contributed by atoms with E-state index in [4.69, 9.17) is 28.9 Å². The van der Waals surface area contributed by atoms with Crippen molar-refractivity contribution in [3.8, 4) is 17.1 Å². The van der Waals surface area contributed by atoms with Crippen molar-refractivity contribution < 1.29 is 141 Å². The first kappa shape index (κ1) is 34.3. The Morgan fingerprint density at radius 1 is 1.15 bits per heavy atom. The van der Waals surface area contributed by atoms with E-state index in [0.717, 1.165) is 11.4 Å². The van der Waals surface area contributed by atoms with Gasteiger partial charge in [-0.15, -0.1) is 11.3 Å². The van der Waals surface area contributed by atoms with Crippen LogP contribution in [0.5, 0.6) is 5.75 Å². The predicted molar refractivity (Wildman–Crippen MR) is 130 cm³/mol. The monoisotopic (exact) mass is 605 g/mol. The van der Waals surface area contributed by atoms with Crippen molar-refractivity contribution in [1.29, 1.82) is 0 Å². The quantitative estimate of drug-likeness (QED) is 0.218. The Morgan fingerprint density at radius 2 is 1.82 bits per heavy atom. The molecule has 0 radical (unpaired) electrons. The second-order valence-corrected chi connectivity index (χ2v) is 8.54. The second kappa shape index (κ2) is 16.5. The SMILES string of the molecule is CNC(=O)c1c(-c2ccc(F)cc2)oc2cc(N3CCOCC3)c(OCc3cscn3)cc12.O=C([O-])[O-].[K+].[K+]. The topological polar surface area (TPSA) is 140 Å². The number of amides is 1. The van der Waals surface area contributed by atoms with Gasteiger partial charge in [0, 0.05) is 42.5 Å². The van der Waals surface area contributed by atoms with Gasteiger partial charge >= 0.3 is 103 Å². The van der Waals surface area contributed by atoms with Gasteiger partial charge in [-0.05, 0) is 36.5 Å². The molecule has 0 bridgehead atoms. The number of nitrogens with zero attached hydrogens (tertiary/aromatic N) is 2. The number of carboxylic acid groups (broad SMARTS) is 2. The molecule has 0 spiro atoms. The largest absolute Gasteiger partial charge is 1.00 e. The molecular formula is C25H22FK2N3O7S. The van der Waals surface area contributed by atoms with E-state index in [-0.39, 0.29) is 114 Å². The van der Waals surface area contributed by atoms with Crippen LogP contribution in [0.1, 0.15) is 16.1 Å². The molecular weight excluding hydrogens is 584 g/mol. The third kappa shape index (κ3) is 9.05. The number of hydrogen-bond acceptors (Lipinski definition) is 10. The van der Waals surface area contributed by atoms with Crippen molar-refractivity contribution in [1.82, 2.24) is 10.3 Å². The summed E-state index contributed by atoms with van der Waals surface area (Å²) < 4.78 is 31.4. The molecule has 1 N–H and O–H groups in total. The van der Waals surface area contributed by atoms with Gasteiger partial charge in [0.15, 0.2) is 0 Å². The summed E-state index contributed by atoms with van der Waals surface area (Å²) in [5.74, 6) is 0.365. The molecule has 0 atom stereocenters. The number of rotatable bonds is 6. The number of nitrogens with one attached hydrogen (secondary N) is 1. The number of morpholine rings is 1. The van der Waals surface area contributed by atoms with E-state index in [1.54, 1.807) is 24.7 Å². The Balaban J connectivity index is 0.000000834. The minimum absolute atomic E-state index is 0. The summed E-state index contributed by atoms with van der Waals surface area (Å²) in [7, 11) is 1.57. The average Bonchev–Trinajstić information content (AvgIpc) is 3.55. The van der Waals surface area contributed by atoms with Gasteiger partial charge in [-0.1, -0.05) is 0 Å². The Morgan fingerprint density at radius 3 is 2.41 bits per heavy atom. The normalized spacial score (nSPS) is 12.4. The van der Waals surface area contributed by atoms with Crippen LogP contribution in [0.3, 0.4) is 0 Å². The standard InChI is InChI=1S/C24H22FN3O4S.CH2O3.2K/c1-26-24(29)22-18-10-21(31-12-17-13-33-14-27-17)19(28-6-8-30-9-7-28)11-20(18)32-23(22)15-2-4-16(25)5-3-15;2-1(3)4;;/h2-5,10-11,13-14H,6-9,12H2,1H3,(H,26,29);(H2,2,3,4);;/q;;2*+1/p-2. The van der Waals surface area contributed by atoms with Gasteiger partial charge in [-0.2, -0.15) is 0 Å². The molecule has 3 heterocycles. The molecule has 2 aromatic heterocycles. The molecule has 0 saturated carbocycles. The fourth-order valence-corrected chi connectivity index (χ4v) is 4.44. The molecule has 1 amide bonds. The summed E-state index contributed by atoms with van der Waals surface area (Å²) in [6, 6.07) is 9.63. The fraction of sp³-hybridized carbons (Fsp3) is 0.240. The molecule has 39 heavy (non-hydrogen) atoms. The van der Waals surface area contributed by atoms with Crippen molar-refractivity contribution in [3.05, 3.63) is 64.4 Å². The van der Waals surface area contributed by atoms with E-state index in [0.29, 0.717) is 66.5 Å². The number of aromatic nitrogens is 1. The molecule has 1 aliphatic rings. The summed E-state index contributed by atoms with van der Waals surface area (Å²) in [6.07, 6.45) is -2.33. The van der Waals surface area contributed by atoms with Gasteiger partial charge in [-0.25, -0.2) is 9.37 Å². The van der Waals surface area contributed by atoms with Crippen molar-refractivity contribution >= 4 is 40.1 Å². The maximum absolute atomic E-state index is 13.5. The molecule has 0 unspecified atom stereocenters. The van der Waals surface area contributed by atoms with Crippen LogP contribution < -0.4 is 128 Å². The number of anilines is 1. The predicted octanol–water partition coefficient (Wildman–Crippen LogP) is -3.97. The zero-order valence-corrected chi connectivity index (χ0v) is 28.8. The van der Waals surface area contributed by atoms with Crippen molar-refractivity contribution in [2.45, 2.75) is 6.61 Å². The third-order valence-electron chi connectivity index (χ3n) is 5.54. The van der Waals surface area contributed by atoms with E-state index in [1.165, 1.54) is 23.5 Å². The molecule has 2 aromatic carbocycles. The van der Waals surface area contributed by atoms with Gasteiger partial charge in [0.25, 0.3) is 5.91 Å². The summed E-state index contributed by atoms with van der Waals surface area (Å²) >= 11 is 1.51. The number of furan rings is 1. The molecule has 1 fully saturated rings. The van der Waals surface area contributed by atoms with Crippen LogP contribution in [0.15, 0.2) is 51.7 Å². The minimum atomic E-state index is -2.33. The van der Waals surface area contributed by atoms with Gasteiger partial charge in [0.2, 0.25) is 0 Å². The Bertz CT molecular complexity index is 1370. The number of carbonyl (C=O) groups excluding carboxylic acids is 2. The molecule has 1 saturated heterocycles. The number of benzene rings is 2. The molecule has 0 aliphatic carbocycles. The van der Waals surface area contributed by atoms with Crippen LogP contribution in [-0.2, 0) is 11.3 Å². The minimum Gasteiger partial charge on any atom is -0.652 e. The first-order valence-corrected chi connectivity index (χ1v) is 12.1. The first-order valence-electron chi connectivity index (χ1n) is 11.2. The van der Waals surface area contributed by atoms with E-state index < -0.39 is 6.16 Å². The third-order valence-corrected chi connectivity index (χ3v) is 6.18. The Kier molecular flexibility index (Phi) is 14.5. The zero-order valence-electron chi connectivity index (χ0n) is 21.7. The second-order valence-electron chi connectivity index (χ2n) is 7.83. The summed E-state index contributed by atoms with van der Waals surface area (Å²) in [5.41, 5.74) is 5.01. The zero-order chi connectivity index (χ0) is 26.4. The number of hydrogen-bond donors (Lipinski definition) is 1. The van der Waals surface area contributed by atoms with Crippen LogP contribution >= 0.6 is 11.3 Å². The first-order chi connectivity index (χ1) is 17.9.